The Hall–Kier alpha value is -3.13. The van der Waals surface area contributed by atoms with Gasteiger partial charge >= 0.3 is 6.09 Å². The molecule has 4 rings (SSSR count). The zero-order chi connectivity index (χ0) is 26.2. The van der Waals surface area contributed by atoms with Crippen LogP contribution in [0.5, 0.6) is 0 Å². The second kappa shape index (κ2) is 10.1. The highest BCUT2D eigenvalue weighted by atomic mass is 16.6. The third-order valence-electron chi connectivity index (χ3n) is 6.76. The Morgan fingerprint density at radius 3 is 2.64 bits per heavy atom. The van der Waals surface area contributed by atoms with E-state index in [1.165, 1.54) is 11.6 Å². The van der Waals surface area contributed by atoms with Crippen LogP contribution in [0.15, 0.2) is 30.9 Å². The SMILES string of the molecule is C=CC(=O)N1CCOCc2nn(-c3ccc(C(C)C)cc3C)c3c2C(C1)N(C(=O)OC(C)(C)C)CC3. The average molecular weight is 495 g/mol. The number of carbonyl (C=O) groups excluding carboxylic acids is 2. The third-order valence-corrected chi connectivity index (χ3v) is 6.76. The van der Waals surface area contributed by atoms with E-state index in [-0.39, 0.29) is 12.0 Å². The van der Waals surface area contributed by atoms with Crippen molar-refractivity contribution in [1.82, 2.24) is 19.6 Å². The molecule has 0 N–H and O–H groups in total. The molecule has 1 unspecified atom stereocenters. The fourth-order valence-corrected chi connectivity index (χ4v) is 4.96. The number of hydrogen-bond donors (Lipinski definition) is 0. The summed E-state index contributed by atoms with van der Waals surface area (Å²) >= 11 is 0. The van der Waals surface area contributed by atoms with Crippen molar-refractivity contribution < 1.29 is 19.1 Å². The summed E-state index contributed by atoms with van der Waals surface area (Å²) in [7, 11) is 0. The van der Waals surface area contributed by atoms with Gasteiger partial charge in [0.05, 0.1) is 36.3 Å². The predicted molar refractivity (Wildman–Crippen MR) is 138 cm³/mol. The molecule has 36 heavy (non-hydrogen) atoms. The lowest BCUT2D eigenvalue weighted by Crippen LogP contribution is -2.48. The normalized spacial score (nSPS) is 18.2. The van der Waals surface area contributed by atoms with Crippen LogP contribution in [0.3, 0.4) is 0 Å². The smallest absolute Gasteiger partial charge is 0.410 e. The quantitative estimate of drug-likeness (QED) is 0.579. The van der Waals surface area contributed by atoms with E-state index in [0.717, 1.165) is 28.2 Å². The van der Waals surface area contributed by atoms with Gasteiger partial charge in [-0.3, -0.25) is 9.69 Å². The summed E-state index contributed by atoms with van der Waals surface area (Å²) in [6, 6.07) is 6.09. The van der Waals surface area contributed by atoms with E-state index in [2.05, 4.69) is 45.5 Å². The monoisotopic (exact) mass is 494 g/mol. The maximum atomic E-state index is 13.3. The van der Waals surface area contributed by atoms with Gasteiger partial charge in [0.2, 0.25) is 5.91 Å². The lowest BCUT2D eigenvalue weighted by molar-refractivity contribution is -0.127. The first kappa shape index (κ1) is 25.9. The number of aromatic nitrogens is 2. The van der Waals surface area contributed by atoms with Gasteiger partial charge in [0.15, 0.2) is 0 Å². The summed E-state index contributed by atoms with van der Waals surface area (Å²) in [5.41, 5.74) is 5.60. The highest BCUT2D eigenvalue weighted by Crippen LogP contribution is 2.37. The van der Waals surface area contributed by atoms with E-state index >= 15 is 0 Å². The van der Waals surface area contributed by atoms with Crippen molar-refractivity contribution in [2.24, 2.45) is 0 Å². The molecule has 1 aromatic carbocycles. The molecule has 2 aromatic rings. The van der Waals surface area contributed by atoms with Gasteiger partial charge in [0.25, 0.3) is 0 Å². The van der Waals surface area contributed by atoms with E-state index in [4.69, 9.17) is 14.6 Å². The first-order valence-electron chi connectivity index (χ1n) is 12.7. The summed E-state index contributed by atoms with van der Waals surface area (Å²) in [6.07, 6.45) is 1.54. The summed E-state index contributed by atoms with van der Waals surface area (Å²) in [5, 5.41) is 5.01. The molecular formula is C28H38N4O4. The Morgan fingerprint density at radius 2 is 2.00 bits per heavy atom. The van der Waals surface area contributed by atoms with Crippen LogP contribution in [0.25, 0.3) is 5.69 Å². The molecule has 8 nitrogen and oxygen atoms in total. The van der Waals surface area contributed by atoms with Crippen LogP contribution in [0.2, 0.25) is 0 Å². The number of aryl methyl sites for hydroxylation is 1. The molecule has 0 aliphatic carbocycles. The molecule has 2 amide bonds. The van der Waals surface area contributed by atoms with Gasteiger partial charge in [-0.15, -0.1) is 0 Å². The molecular weight excluding hydrogens is 456 g/mol. The number of nitrogens with zero attached hydrogens (tertiary/aromatic N) is 4. The standard InChI is InChI=1S/C28H38N4O4/c1-8-25(33)30-13-14-35-17-21-26-23(11-12-31(24(26)16-30)27(34)36-28(5,6)7)32(29-21)22-10-9-20(18(2)3)15-19(22)4/h8-10,15,18,24H,1,11-14,16-17H2,2-7H3. The number of amides is 2. The van der Waals surface area contributed by atoms with Crippen LogP contribution in [-0.2, 0) is 27.3 Å². The Morgan fingerprint density at radius 1 is 1.25 bits per heavy atom. The average Bonchev–Trinajstić information content (AvgIpc) is 3.20. The molecule has 3 heterocycles. The fraction of sp³-hybridized carbons (Fsp3) is 0.536. The Labute approximate surface area is 213 Å². The zero-order valence-electron chi connectivity index (χ0n) is 22.3. The lowest BCUT2D eigenvalue weighted by Gasteiger charge is -2.39. The summed E-state index contributed by atoms with van der Waals surface area (Å²) in [5.74, 6) is 0.247. The Kier molecular flexibility index (Phi) is 7.27. The first-order chi connectivity index (χ1) is 17.0. The second-order valence-corrected chi connectivity index (χ2v) is 10.9. The van der Waals surface area contributed by atoms with Crippen LogP contribution >= 0.6 is 0 Å². The molecule has 0 spiro atoms. The van der Waals surface area contributed by atoms with Crippen molar-refractivity contribution in [3.63, 3.8) is 0 Å². The van der Waals surface area contributed by atoms with Crippen LogP contribution in [-0.4, -0.2) is 63.4 Å². The van der Waals surface area contributed by atoms with Gasteiger partial charge in [-0.05, 0) is 56.9 Å². The summed E-state index contributed by atoms with van der Waals surface area (Å²) < 4.78 is 13.7. The van der Waals surface area contributed by atoms with Crippen molar-refractivity contribution in [2.75, 3.05) is 26.2 Å². The molecule has 2 aliphatic rings. The number of rotatable bonds is 3. The molecule has 0 saturated heterocycles. The minimum absolute atomic E-state index is 0.189. The Bertz CT molecular complexity index is 1160. The highest BCUT2D eigenvalue weighted by molar-refractivity contribution is 5.87. The first-order valence-corrected chi connectivity index (χ1v) is 12.7. The minimum atomic E-state index is -0.627. The summed E-state index contributed by atoms with van der Waals surface area (Å²) in [4.78, 5) is 29.4. The molecule has 0 radical (unpaired) electrons. The van der Waals surface area contributed by atoms with Gasteiger partial charge in [-0.1, -0.05) is 32.6 Å². The van der Waals surface area contributed by atoms with E-state index in [1.807, 2.05) is 25.5 Å². The van der Waals surface area contributed by atoms with E-state index in [9.17, 15) is 9.59 Å². The number of ether oxygens (including phenoxy) is 2. The third kappa shape index (κ3) is 5.19. The molecule has 0 bridgehead atoms. The molecule has 194 valence electrons. The zero-order valence-corrected chi connectivity index (χ0v) is 22.3. The predicted octanol–water partition coefficient (Wildman–Crippen LogP) is 4.68. The van der Waals surface area contributed by atoms with E-state index in [1.54, 1.807) is 9.80 Å². The van der Waals surface area contributed by atoms with Crippen LogP contribution < -0.4 is 0 Å². The van der Waals surface area contributed by atoms with E-state index < -0.39 is 11.6 Å². The van der Waals surface area contributed by atoms with Gasteiger partial charge < -0.3 is 14.4 Å². The van der Waals surface area contributed by atoms with Gasteiger partial charge in [-0.25, -0.2) is 9.48 Å². The molecule has 1 aromatic heterocycles. The topological polar surface area (TPSA) is 76.9 Å². The maximum absolute atomic E-state index is 13.3. The van der Waals surface area contributed by atoms with Crippen molar-refractivity contribution >= 4 is 12.0 Å². The van der Waals surface area contributed by atoms with Crippen LogP contribution in [0.1, 0.15) is 74.7 Å². The molecule has 8 heteroatoms. The number of benzene rings is 1. The van der Waals surface area contributed by atoms with Gasteiger partial charge in [0.1, 0.15) is 5.60 Å². The van der Waals surface area contributed by atoms with Crippen molar-refractivity contribution in [3.8, 4) is 5.69 Å². The lowest BCUT2D eigenvalue weighted by atomic mass is 9.95. The van der Waals surface area contributed by atoms with Gasteiger partial charge in [-0.2, -0.15) is 5.10 Å². The van der Waals surface area contributed by atoms with Crippen molar-refractivity contribution in [1.29, 1.82) is 0 Å². The number of hydrogen-bond acceptors (Lipinski definition) is 5. The van der Waals surface area contributed by atoms with E-state index in [0.29, 0.717) is 45.2 Å². The maximum Gasteiger partial charge on any atom is 0.410 e. The second-order valence-electron chi connectivity index (χ2n) is 10.9. The molecule has 2 aliphatic heterocycles. The van der Waals surface area contributed by atoms with Crippen molar-refractivity contribution in [2.45, 2.75) is 72.1 Å². The molecule has 1 atom stereocenters. The largest absolute Gasteiger partial charge is 0.444 e. The number of carbonyl (C=O) groups is 2. The molecule has 0 saturated carbocycles. The highest BCUT2D eigenvalue weighted by Gasteiger charge is 2.40. The van der Waals surface area contributed by atoms with Crippen LogP contribution in [0, 0.1) is 6.92 Å². The minimum Gasteiger partial charge on any atom is -0.444 e. The van der Waals surface area contributed by atoms with Crippen LogP contribution in [0.4, 0.5) is 4.79 Å². The summed E-state index contributed by atoms with van der Waals surface area (Å²) in [6.45, 7) is 17.6. The fourth-order valence-electron chi connectivity index (χ4n) is 4.96. The van der Waals surface area contributed by atoms with Crippen molar-refractivity contribution in [3.05, 3.63) is 58.9 Å². The van der Waals surface area contributed by atoms with Gasteiger partial charge in [0, 0.05) is 31.6 Å². The Balaban J connectivity index is 1.83. The molecule has 0 fully saturated rings.